The number of aldehydes is 1. The first-order valence-corrected chi connectivity index (χ1v) is 6.19. The van der Waals surface area contributed by atoms with Crippen molar-refractivity contribution < 1.29 is 19.0 Å². The molecular weight excluding hydrogens is 259 g/mol. The van der Waals surface area contributed by atoms with Gasteiger partial charge in [-0.2, -0.15) is 0 Å². The largest absolute Gasteiger partial charge is 0.505 e. The second-order valence-corrected chi connectivity index (χ2v) is 4.58. The molecule has 2 aromatic rings. The van der Waals surface area contributed by atoms with E-state index in [1.54, 1.807) is 37.3 Å². The molecule has 0 radical (unpaired) electrons. The van der Waals surface area contributed by atoms with Gasteiger partial charge in [0.15, 0.2) is 11.6 Å². The van der Waals surface area contributed by atoms with Crippen LogP contribution in [0.2, 0.25) is 0 Å². The van der Waals surface area contributed by atoms with Crippen LogP contribution in [0.5, 0.6) is 11.5 Å². The van der Waals surface area contributed by atoms with Crippen molar-refractivity contribution in [2.45, 2.75) is 20.5 Å². The van der Waals surface area contributed by atoms with Gasteiger partial charge in [0.05, 0.1) is 0 Å². The Labute approximate surface area is 116 Å². The molecule has 0 aromatic heterocycles. The fraction of sp³-hybridized carbons (Fsp3) is 0.188. The zero-order valence-electron chi connectivity index (χ0n) is 11.3. The minimum Gasteiger partial charge on any atom is -0.505 e. The van der Waals surface area contributed by atoms with Crippen LogP contribution < -0.4 is 4.74 Å². The summed E-state index contributed by atoms with van der Waals surface area (Å²) in [4.78, 5) is 10.9. The van der Waals surface area contributed by atoms with Gasteiger partial charge in [0, 0.05) is 11.1 Å². The zero-order valence-corrected chi connectivity index (χ0v) is 11.3. The SMILES string of the molecule is Cc1cc(OCc2ccccc2C=O)c(C)c(F)c1O. The summed E-state index contributed by atoms with van der Waals surface area (Å²) in [6.45, 7) is 3.30. The molecule has 0 fully saturated rings. The molecule has 3 nitrogen and oxygen atoms in total. The molecule has 0 saturated heterocycles. The maximum Gasteiger partial charge on any atom is 0.171 e. The van der Waals surface area contributed by atoms with Gasteiger partial charge in [-0.25, -0.2) is 4.39 Å². The van der Waals surface area contributed by atoms with E-state index in [2.05, 4.69) is 0 Å². The van der Waals surface area contributed by atoms with Gasteiger partial charge in [-0.15, -0.1) is 0 Å². The number of rotatable bonds is 4. The Bertz CT molecular complexity index is 650. The average Bonchev–Trinajstić information content (AvgIpc) is 2.47. The third kappa shape index (κ3) is 2.64. The van der Waals surface area contributed by atoms with Crippen molar-refractivity contribution in [3.8, 4) is 11.5 Å². The number of benzene rings is 2. The van der Waals surface area contributed by atoms with Crippen molar-refractivity contribution in [2.75, 3.05) is 0 Å². The normalized spacial score (nSPS) is 10.3. The average molecular weight is 274 g/mol. The smallest absolute Gasteiger partial charge is 0.171 e. The van der Waals surface area contributed by atoms with E-state index < -0.39 is 5.82 Å². The highest BCUT2D eigenvalue weighted by Crippen LogP contribution is 2.31. The molecule has 2 rings (SSSR count). The summed E-state index contributed by atoms with van der Waals surface area (Å²) in [5.74, 6) is -0.676. The van der Waals surface area contributed by atoms with Gasteiger partial charge in [0.1, 0.15) is 18.6 Å². The monoisotopic (exact) mass is 274 g/mol. The lowest BCUT2D eigenvalue weighted by Crippen LogP contribution is -2.02. The molecule has 0 aliphatic heterocycles. The fourth-order valence-electron chi connectivity index (χ4n) is 1.92. The molecule has 0 atom stereocenters. The Morgan fingerprint density at radius 3 is 2.70 bits per heavy atom. The number of halogens is 1. The highest BCUT2D eigenvalue weighted by Gasteiger charge is 2.13. The zero-order chi connectivity index (χ0) is 14.7. The first-order valence-electron chi connectivity index (χ1n) is 6.19. The second kappa shape index (κ2) is 5.74. The van der Waals surface area contributed by atoms with Crippen LogP contribution in [-0.4, -0.2) is 11.4 Å². The molecule has 4 heteroatoms. The quantitative estimate of drug-likeness (QED) is 0.867. The topological polar surface area (TPSA) is 46.5 Å². The van der Waals surface area contributed by atoms with Crippen LogP contribution in [0.1, 0.15) is 27.0 Å². The molecule has 0 aliphatic carbocycles. The van der Waals surface area contributed by atoms with Gasteiger partial charge >= 0.3 is 0 Å². The summed E-state index contributed by atoms with van der Waals surface area (Å²) >= 11 is 0. The van der Waals surface area contributed by atoms with Gasteiger partial charge in [0.25, 0.3) is 0 Å². The molecule has 20 heavy (non-hydrogen) atoms. The Balaban J connectivity index is 2.26. The van der Waals surface area contributed by atoms with E-state index in [0.717, 1.165) is 11.8 Å². The van der Waals surface area contributed by atoms with Crippen LogP contribution in [0.15, 0.2) is 30.3 Å². The van der Waals surface area contributed by atoms with Crippen LogP contribution in [0.4, 0.5) is 4.39 Å². The third-order valence-electron chi connectivity index (χ3n) is 3.19. The summed E-state index contributed by atoms with van der Waals surface area (Å²) < 4.78 is 19.3. The lowest BCUT2D eigenvalue weighted by Gasteiger charge is -2.13. The van der Waals surface area contributed by atoms with Crippen LogP contribution in [-0.2, 0) is 6.61 Å². The molecule has 1 N–H and O–H groups in total. The summed E-state index contributed by atoms with van der Waals surface area (Å²) in [6, 6.07) is 8.63. The Morgan fingerprint density at radius 2 is 2.00 bits per heavy atom. The predicted molar refractivity (Wildman–Crippen MR) is 73.7 cm³/mol. The number of carbonyl (C=O) groups is 1. The van der Waals surface area contributed by atoms with Crippen molar-refractivity contribution in [1.29, 1.82) is 0 Å². The summed E-state index contributed by atoms with van der Waals surface area (Å²) in [6.07, 6.45) is 0.758. The van der Waals surface area contributed by atoms with Crippen LogP contribution in [0.25, 0.3) is 0 Å². The van der Waals surface area contributed by atoms with Crippen molar-refractivity contribution >= 4 is 6.29 Å². The standard InChI is InChI=1S/C16H15FO3/c1-10-7-14(11(2)15(17)16(10)19)20-9-13-6-4-3-5-12(13)8-18/h3-8,19H,9H2,1-2H3. The fourth-order valence-corrected chi connectivity index (χ4v) is 1.92. The maximum absolute atomic E-state index is 13.7. The van der Waals surface area contributed by atoms with Crippen molar-refractivity contribution in [1.82, 2.24) is 0 Å². The molecular formula is C16H15FO3. The summed E-state index contributed by atoms with van der Waals surface area (Å²) in [5, 5.41) is 9.50. The molecule has 0 saturated carbocycles. The van der Waals surface area contributed by atoms with E-state index in [1.807, 2.05) is 0 Å². The van der Waals surface area contributed by atoms with Gasteiger partial charge in [-0.3, -0.25) is 4.79 Å². The third-order valence-corrected chi connectivity index (χ3v) is 3.19. The minimum absolute atomic E-state index is 0.166. The van der Waals surface area contributed by atoms with E-state index in [4.69, 9.17) is 4.74 Å². The Kier molecular flexibility index (Phi) is 4.03. The van der Waals surface area contributed by atoms with E-state index in [-0.39, 0.29) is 17.9 Å². The van der Waals surface area contributed by atoms with Crippen LogP contribution >= 0.6 is 0 Å². The first kappa shape index (κ1) is 14.1. The molecule has 104 valence electrons. The number of aryl methyl sites for hydroxylation is 1. The highest BCUT2D eigenvalue weighted by atomic mass is 19.1. The molecule has 0 heterocycles. The summed E-state index contributed by atoms with van der Waals surface area (Å²) in [7, 11) is 0. The van der Waals surface area contributed by atoms with Gasteiger partial charge in [-0.1, -0.05) is 24.3 Å². The number of carbonyl (C=O) groups excluding carboxylic acids is 1. The predicted octanol–water partition coefficient (Wildman–Crippen LogP) is 3.54. The van der Waals surface area contributed by atoms with Crippen LogP contribution in [0.3, 0.4) is 0 Å². The first-order chi connectivity index (χ1) is 9.54. The number of phenols is 1. The minimum atomic E-state index is -0.677. The van der Waals surface area contributed by atoms with E-state index in [0.29, 0.717) is 16.9 Å². The number of hydrogen-bond acceptors (Lipinski definition) is 3. The van der Waals surface area contributed by atoms with Crippen LogP contribution in [0, 0.1) is 19.7 Å². The summed E-state index contributed by atoms with van der Waals surface area (Å²) in [5.41, 5.74) is 1.93. The van der Waals surface area contributed by atoms with E-state index in [1.165, 1.54) is 6.92 Å². The van der Waals surface area contributed by atoms with Crippen molar-refractivity contribution in [2.24, 2.45) is 0 Å². The Hall–Kier alpha value is -2.36. The molecule has 0 aliphatic rings. The van der Waals surface area contributed by atoms with E-state index in [9.17, 15) is 14.3 Å². The van der Waals surface area contributed by atoms with Crippen molar-refractivity contribution in [3.05, 3.63) is 58.4 Å². The number of aromatic hydroxyl groups is 1. The molecule has 0 spiro atoms. The Morgan fingerprint density at radius 1 is 1.30 bits per heavy atom. The second-order valence-electron chi connectivity index (χ2n) is 4.58. The molecule has 0 bridgehead atoms. The molecule has 0 unspecified atom stereocenters. The van der Waals surface area contributed by atoms with Crippen molar-refractivity contribution in [3.63, 3.8) is 0 Å². The van der Waals surface area contributed by atoms with E-state index >= 15 is 0 Å². The number of hydrogen-bond donors (Lipinski definition) is 1. The molecule has 2 aromatic carbocycles. The van der Waals surface area contributed by atoms with Gasteiger partial charge in [-0.05, 0) is 31.0 Å². The highest BCUT2D eigenvalue weighted by molar-refractivity contribution is 5.77. The maximum atomic E-state index is 13.7. The van der Waals surface area contributed by atoms with Gasteiger partial charge < -0.3 is 9.84 Å². The lowest BCUT2D eigenvalue weighted by atomic mass is 10.1. The lowest BCUT2D eigenvalue weighted by molar-refractivity contribution is 0.112. The number of ether oxygens (including phenoxy) is 1. The number of phenolic OH excluding ortho intramolecular Hbond substituents is 1. The molecule has 0 amide bonds. The van der Waals surface area contributed by atoms with Gasteiger partial charge in [0.2, 0.25) is 0 Å².